The average molecular weight is 287 g/mol. The normalized spacial score (nSPS) is 10.0. The van der Waals surface area contributed by atoms with E-state index in [1.165, 1.54) is 20.3 Å². The fourth-order valence-corrected chi connectivity index (χ4v) is 2.12. The molecule has 0 aliphatic heterocycles. The van der Waals surface area contributed by atoms with Gasteiger partial charge in [-0.1, -0.05) is 12.1 Å². The Labute approximate surface area is 123 Å². The molecule has 0 spiro atoms. The number of hydrogen-bond acceptors (Lipinski definition) is 5. The molecule has 0 radical (unpaired) electrons. The Morgan fingerprint density at radius 2 is 1.86 bits per heavy atom. The van der Waals surface area contributed by atoms with Gasteiger partial charge in [-0.3, -0.25) is 4.79 Å². The van der Waals surface area contributed by atoms with Crippen molar-refractivity contribution in [3.8, 4) is 17.2 Å². The van der Waals surface area contributed by atoms with Crippen molar-refractivity contribution in [3.63, 3.8) is 0 Å². The topological polar surface area (TPSA) is 67.8 Å². The van der Waals surface area contributed by atoms with E-state index < -0.39 is 0 Å². The first-order valence-electron chi connectivity index (χ1n) is 6.38. The lowest BCUT2D eigenvalue weighted by Crippen LogP contribution is -2.08. The number of aromatic hydroxyl groups is 1. The number of carbonyl (C=O) groups excluding carboxylic acids is 1. The number of anilines is 1. The summed E-state index contributed by atoms with van der Waals surface area (Å²) in [5.41, 5.74) is 1.25. The predicted molar refractivity (Wildman–Crippen MR) is 80.6 cm³/mol. The minimum absolute atomic E-state index is 0.112. The van der Waals surface area contributed by atoms with Crippen molar-refractivity contribution in [1.82, 2.24) is 0 Å². The van der Waals surface area contributed by atoms with Gasteiger partial charge >= 0.3 is 0 Å². The molecule has 21 heavy (non-hydrogen) atoms. The van der Waals surface area contributed by atoms with Crippen LogP contribution in [0.3, 0.4) is 0 Å². The van der Waals surface area contributed by atoms with Crippen LogP contribution < -0.4 is 14.8 Å². The number of benzene rings is 2. The average Bonchev–Trinajstić information content (AvgIpc) is 2.53. The second-order valence-corrected chi connectivity index (χ2v) is 4.35. The molecule has 0 aliphatic rings. The van der Waals surface area contributed by atoms with Gasteiger partial charge in [0, 0.05) is 30.4 Å². The molecule has 0 saturated carbocycles. The molecular formula is C16H17NO4. The second-order valence-electron chi connectivity index (χ2n) is 4.35. The van der Waals surface area contributed by atoms with Crippen LogP contribution in [0.5, 0.6) is 17.2 Å². The van der Waals surface area contributed by atoms with Crippen molar-refractivity contribution in [3.05, 3.63) is 47.5 Å². The highest BCUT2D eigenvalue weighted by molar-refractivity contribution is 6.15. The highest BCUT2D eigenvalue weighted by atomic mass is 16.5. The Morgan fingerprint density at radius 3 is 2.48 bits per heavy atom. The maximum Gasteiger partial charge on any atom is 0.202 e. The summed E-state index contributed by atoms with van der Waals surface area (Å²) in [4.78, 5) is 12.7. The van der Waals surface area contributed by atoms with E-state index in [0.29, 0.717) is 17.0 Å². The molecular weight excluding hydrogens is 270 g/mol. The molecule has 0 aliphatic carbocycles. The monoisotopic (exact) mass is 287 g/mol. The molecule has 0 heterocycles. The standard InChI is InChI=1S/C16H17NO4/c1-17-12-7-5-4-6-11(12)16(19)15-13(18)8-10(20-2)9-14(15)21-3/h4-9,17-18H,1-3H3. The molecule has 0 fully saturated rings. The number of methoxy groups -OCH3 is 2. The van der Waals surface area contributed by atoms with Crippen LogP contribution in [0.25, 0.3) is 0 Å². The third-order valence-corrected chi connectivity index (χ3v) is 3.18. The molecule has 0 bridgehead atoms. The SMILES string of the molecule is CNc1ccccc1C(=O)c1c(O)cc(OC)cc1OC. The zero-order valence-corrected chi connectivity index (χ0v) is 12.1. The van der Waals surface area contributed by atoms with E-state index in [1.807, 2.05) is 6.07 Å². The number of phenolic OH excluding ortho intramolecular Hbond substituents is 1. The summed E-state index contributed by atoms with van der Waals surface area (Å²) in [5, 5.41) is 13.1. The predicted octanol–water partition coefficient (Wildman–Crippen LogP) is 2.68. The van der Waals surface area contributed by atoms with Crippen molar-refractivity contribution in [2.45, 2.75) is 0 Å². The maximum atomic E-state index is 12.7. The highest BCUT2D eigenvalue weighted by Crippen LogP contribution is 2.35. The molecule has 0 unspecified atom stereocenters. The summed E-state index contributed by atoms with van der Waals surface area (Å²) >= 11 is 0. The van der Waals surface area contributed by atoms with Crippen LogP contribution in [-0.2, 0) is 0 Å². The van der Waals surface area contributed by atoms with E-state index in [2.05, 4.69) is 5.32 Å². The molecule has 2 rings (SSSR count). The number of ketones is 1. The van der Waals surface area contributed by atoms with Gasteiger partial charge in [-0.05, 0) is 12.1 Å². The van der Waals surface area contributed by atoms with Crippen LogP contribution in [0, 0.1) is 0 Å². The number of nitrogens with one attached hydrogen (secondary N) is 1. The molecule has 0 aromatic heterocycles. The van der Waals surface area contributed by atoms with E-state index in [9.17, 15) is 9.90 Å². The molecule has 0 atom stereocenters. The van der Waals surface area contributed by atoms with Crippen LogP contribution in [0.15, 0.2) is 36.4 Å². The van der Waals surface area contributed by atoms with Gasteiger partial charge in [-0.2, -0.15) is 0 Å². The number of ether oxygens (including phenoxy) is 2. The third-order valence-electron chi connectivity index (χ3n) is 3.18. The van der Waals surface area contributed by atoms with Crippen molar-refractivity contribution >= 4 is 11.5 Å². The minimum atomic E-state index is -0.322. The third kappa shape index (κ3) is 2.76. The lowest BCUT2D eigenvalue weighted by atomic mass is 9.99. The van der Waals surface area contributed by atoms with Gasteiger partial charge in [-0.15, -0.1) is 0 Å². The van der Waals surface area contributed by atoms with Gasteiger partial charge in [0.25, 0.3) is 0 Å². The number of para-hydroxylation sites is 1. The summed E-state index contributed by atoms with van der Waals surface area (Å²) in [6.45, 7) is 0. The fourth-order valence-electron chi connectivity index (χ4n) is 2.12. The van der Waals surface area contributed by atoms with Crippen LogP contribution in [0.2, 0.25) is 0 Å². The molecule has 2 aromatic carbocycles. The van der Waals surface area contributed by atoms with Gasteiger partial charge in [0.2, 0.25) is 5.78 Å². The van der Waals surface area contributed by atoms with Crippen LogP contribution in [-0.4, -0.2) is 32.2 Å². The first-order chi connectivity index (χ1) is 10.1. The largest absolute Gasteiger partial charge is 0.507 e. The zero-order valence-electron chi connectivity index (χ0n) is 12.1. The Morgan fingerprint density at radius 1 is 1.14 bits per heavy atom. The van der Waals surface area contributed by atoms with Crippen LogP contribution in [0.4, 0.5) is 5.69 Å². The Bertz CT molecular complexity index is 667. The first-order valence-corrected chi connectivity index (χ1v) is 6.38. The zero-order chi connectivity index (χ0) is 15.4. The van der Waals surface area contributed by atoms with Crippen LogP contribution >= 0.6 is 0 Å². The van der Waals surface area contributed by atoms with E-state index in [0.717, 1.165) is 0 Å². The summed E-state index contributed by atoms with van der Waals surface area (Å²) in [6.07, 6.45) is 0. The van der Waals surface area contributed by atoms with Crippen molar-refractivity contribution in [1.29, 1.82) is 0 Å². The quantitative estimate of drug-likeness (QED) is 0.828. The van der Waals surface area contributed by atoms with E-state index >= 15 is 0 Å². The Hall–Kier alpha value is -2.69. The molecule has 0 amide bonds. The molecule has 2 aromatic rings. The molecule has 5 nitrogen and oxygen atoms in total. The van der Waals surface area contributed by atoms with Gasteiger partial charge in [0.05, 0.1) is 14.2 Å². The number of carbonyl (C=O) groups is 1. The van der Waals surface area contributed by atoms with Gasteiger partial charge in [-0.25, -0.2) is 0 Å². The number of phenols is 1. The van der Waals surface area contributed by atoms with Crippen molar-refractivity contribution in [2.24, 2.45) is 0 Å². The van der Waals surface area contributed by atoms with Crippen molar-refractivity contribution in [2.75, 3.05) is 26.6 Å². The summed E-state index contributed by atoms with van der Waals surface area (Å²) in [5.74, 6) is 0.185. The number of hydrogen-bond donors (Lipinski definition) is 2. The van der Waals surface area contributed by atoms with Gasteiger partial charge < -0.3 is 19.9 Å². The smallest absolute Gasteiger partial charge is 0.202 e. The minimum Gasteiger partial charge on any atom is -0.507 e. The van der Waals surface area contributed by atoms with Gasteiger partial charge in [0.15, 0.2) is 0 Å². The summed E-state index contributed by atoms with van der Waals surface area (Å²) < 4.78 is 10.3. The Kier molecular flexibility index (Phi) is 4.33. The Balaban J connectivity index is 2.58. The summed E-state index contributed by atoms with van der Waals surface area (Å²) in [6, 6.07) is 10.0. The molecule has 2 N–H and O–H groups in total. The van der Waals surface area contributed by atoms with E-state index in [-0.39, 0.29) is 22.8 Å². The highest BCUT2D eigenvalue weighted by Gasteiger charge is 2.22. The lowest BCUT2D eigenvalue weighted by Gasteiger charge is -2.13. The fraction of sp³-hybridized carbons (Fsp3) is 0.188. The molecule has 5 heteroatoms. The summed E-state index contributed by atoms with van der Waals surface area (Å²) in [7, 11) is 4.65. The van der Waals surface area contributed by atoms with Crippen molar-refractivity contribution < 1.29 is 19.4 Å². The van der Waals surface area contributed by atoms with Crippen LogP contribution in [0.1, 0.15) is 15.9 Å². The second kappa shape index (κ2) is 6.17. The van der Waals surface area contributed by atoms with Gasteiger partial charge in [0.1, 0.15) is 22.8 Å². The maximum absolute atomic E-state index is 12.7. The number of rotatable bonds is 5. The molecule has 0 saturated heterocycles. The van der Waals surface area contributed by atoms with E-state index in [4.69, 9.17) is 9.47 Å². The first kappa shape index (κ1) is 14.7. The van der Waals surface area contributed by atoms with E-state index in [1.54, 1.807) is 31.3 Å². The molecule has 110 valence electrons. The lowest BCUT2D eigenvalue weighted by molar-refractivity contribution is 0.103.